The zero-order valence-electron chi connectivity index (χ0n) is 11.0. The molecule has 0 spiro atoms. The minimum absolute atomic E-state index is 0.00228. The zero-order valence-corrected chi connectivity index (χ0v) is 11.0. The van der Waals surface area contributed by atoms with Crippen LogP contribution in [0.4, 0.5) is 8.78 Å². The molecule has 0 bridgehead atoms. The van der Waals surface area contributed by atoms with Crippen molar-refractivity contribution in [3.8, 4) is 5.69 Å². The molecule has 1 heterocycles. The fraction of sp³-hybridized carbons (Fsp3) is 0.0667. The quantitative estimate of drug-likeness (QED) is 0.787. The molecule has 6 heteroatoms. The highest BCUT2D eigenvalue weighted by atomic mass is 19.1. The number of carboxylic acid groups (broad SMARTS) is 1. The lowest BCUT2D eigenvalue weighted by molar-refractivity contribution is 0.0699. The molecule has 0 aliphatic carbocycles. The number of imidazole rings is 1. The van der Waals surface area contributed by atoms with Gasteiger partial charge in [-0.2, -0.15) is 0 Å². The molecule has 0 saturated heterocycles. The highest BCUT2D eigenvalue weighted by molar-refractivity contribution is 6.01. The number of aromatic carboxylic acids is 1. The lowest BCUT2D eigenvalue weighted by Crippen LogP contribution is -2.01. The third kappa shape index (κ3) is 2.05. The molecule has 0 unspecified atom stereocenters. The van der Waals surface area contributed by atoms with Crippen molar-refractivity contribution in [1.82, 2.24) is 9.55 Å². The molecule has 0 saturated carbocycles. The van der Waals surface area contributed by atoms with Gasteiger partial charge in [-0.15, -0.1) is 0 Å². The average Bonchev–Trinajstić information content (AvgIpc) is 2.77. The third-order valence-corrected chi connectivity index (χ3v) is 3.23. The highest BCUT2D eigenvalue weighted by Crippen LogP contribution is 2.26. The van der Waals surface area contributed by atoms with Crippen LogP contribution in [0.15, 0.2) is 36.4 Å². The van der Waals surface area contributed by atoms with Crippen LogP contribution in [0.3, 0.4) is 0 Å². The second-order valence-electron chi connectivity index (χ2n) is 4.57. The van der Waals surface area contributed by atoms with E-state index in [0.29, 0.717) is 11.3 Å². The summed E-state index contributed by atoms with van der Waals surface area (Å²) in [7, 11) is 0. The summed E-state index contributed by atoms with van der Waals surface area (Å²) in [6, 6.07) is 7.68. The Morgan fingerprint density at radius 2 is 2.00 bits per heavy atom. The highest BCUT2D eigenvalue weighted by Gasteiger charge is 2.18. The van der Waals surface area contributed by atoms with Crippen LogP contribution in [0.5, 0.6) is 0 Å². The molecule has 2 aromatic carbocycles. The van der Waals surface area contributed by atoms with Gasteiger partial charge in [0.2, 0.25) is 0 Å². The van der Waals surface area contributed by atoms with Gasteiger partial charge in [0.25, 0.3) is 0 Å². The van der Waals surface area contributed by atoms with Crippen molar-refractivity contribution in [2.45, 2.75) is 6.92 Å². The molecule has 0 aliphatic rings. The van der Waals surface area contributed by atoms with Crippen molar-refractivity contribution in [2.75, 3.05) is 0 Å². The van der Waals surface area contributed by atoms with Crippen LogP contribution in [0.1, 0.15) is 16.2 Å². The molecule has 0 amide bonds. The molecule has 0 radical (unpaired) electrons. The molecular weight excluding hydrogens is 278 g/mol. The summed E-state index contributed by atoms with van der Waals surface area (Å²) in [5.41, 5.74) is 0.673. The van der Waals surface area contributed by atoms with Crippen molar-refractivity contribution in [1.29, 1.82) is 0 Å². The molecule has 0 atom stereocenters. The zero-order chi connectivity index (χ0) is 15.1. The lowest BCUT2D eigenvalue weighted by Gasteiger charge is -2.08. The van der Waals surface area contributed by atoms with E-state index in [9.17, 15) is 13.6 Å². The Morgan fingerprint density at radius 1 is 1.24 bits per heavy atom. The number of carbonyl (C=O) groups is 1. The van der Waals surface area contributed by atoms with Crippen molar-refractivity contribution in [2.24, 2.45) is 0 Å². The summed E-state index contributed by atoms with van der Waals surface area (Å²) in [6.45, 7) is 1.61. The molecular formula is C15H10F2N2O2. The molecule has 1 aromatic heterocycles. The first-order valence-electron chi connectivity index (χ1n) is 6.16. The number of halogens is 2. The van der Waals surface area contributed by atoms with Gasteiger partial charge in [-0.25, -0.2) is 18.6 Å². The SMILES string of the molecule is Cc1nc2c(C(=O)O)cccc2n1-c1cc(F)ccc1F. The van der Waals surface area contributed by atoms with Crippen molar-refractivity contribution < 1.29 is 18.7 Å². The van der Waals surface area contributed by atoms with Gasteiger partial charge in [-0.05, 0) is 31.2 Å². The summed E-state index contributed by atoms with van der Waals surface area (Å²) in [6.07, 6.45) is 0. The maximum Gasteiger partial charge on any atom is 0.337 e. The van der Waals surface area contributed by atoms with E-state index in [1.54, 1.807) is 19.1 Å². The number of carboxylic acids is 1. The van der Waals surface area contributed by atoms with E-state index in [2.05, 4.69) is 4.98 Å². The summed E-state index contributed by atoms with van der Waals surface area (Å²) in [4.78, 5) is 15.4. The molecule has 3 aromatic rings. The minimum Gasteiger partial charge on any atom is -0.478 e. The van der Waals surface area contributed by atoms with E-state index in [4.69, 9.17) is 5.11 Å². The average molecular weight is 288 g/mol. The molecule has 3 rings (SSSR count). The number of benzene rings is 2. The largest absolute Gasteiger partial charge is 0.478 e. The van der Waals surface area contributed by atoms with E-state index >= 15 is 0 Å². The van der Waals surface area contributed by atoms with E-state index in [1.807, 2.05) is 0 Å². The summed E-state index contributed by atoms with van der Waals surface area (Å²) in [5, 5.41) is 9.17. The van der Waals surface area contributed by atoms with Gasteiger partial charge in [0.05, 0.1) is 16.8 Å². The maximum absolute atomic E-state index is 14.0. The third-order valence-electron chi connectivity index (χ3n) is 3.23. The van der Waals surface area contributed by atoms with Crippen LogP contribution in [-0.4, -0.2) is 20.6 Å². The second kappa shape index (κ2) is 4.66. The van der Waals surface area contributed by atoms with Gasteiger partial charge in [-0.3, -0.25) is 4.57 Å². The van der Waals surface area contributed by atoms with Crippen LogP contribution in [0.2, 0.25) is 0 Å². The number of aryl methyl sites for hydroxylation is 1. The van der Waals surface area contributed by atoms with E-state index < -0.39 is 17.6 Å². The van der Waals surface area contributed by atoms with Crippen LogP contribution < -0.4 is 0 Å². The number of hydrogen-bond donors (Lipinski definition) is 1. The normalized spacial score (nSPS) is 11.0. The Kier molecular flexibility index (Phi) is 2.94. The predicted octanol–water partition coefficient (Wildman–Crippen LogP) is 3.31. The lowest BCUT2D eigenvalue weighted by atomic mass is 10.2. The van der Waals surface area contributed by atoms with E-state index in [1.165, 1.54) is 10.6 Å². The summed E-state index contributed by atoms with van der Waals surface area (Å²) >= 11 is 0. The number of nitrogens with zero attached hydrogens (tertiary/aromatic N) is 2. The number of fused-ring (bicyclic) bond motifs is 1. The van der Waals surface area contributed by atoms with Gasteiger partial charge in [-0.1, -0.05) is 6.07 Å². The number of aromatic nitrogens is 2. The van der Waals surface area contributed by atoms with Gasteiger partial charge in [0, 0.05) is 6.07 Å². The molecule has 106 valence electrons. The Morgan fingerprint density at radius 3 is 2.71 bits per heavy atom. The van der Waals surface area contributed by atoms with Crippen LogP contribution >= 0.6 is 0 Å². The summed E-state index contributed by atoms with van der Waals surface area (Å²) < 4.78 is 28.8. The Hall–Kier alpha value is -2.76. The van der Waals surface area contributed by atoms with Gasteiger partial charge >= 0.3 is 5.97 Å². The predicted molar refractivity (Wildman–Crippen MR) is 72.7 cm³/mol. The molecule has 21 heavy (non-hydrogen) atoms. The van der Waals surface area contributed by atoms with Crippen molar-refractivity contribution in [3.05, 3.63) is 59.4 Å². The second-order valence-corrected chi connectivity index (χ2v) is 4.57. The molecule has 1 N–H and O–H groups in total. The van der Waals surface area contributed by atoms with Gasteiger partial charge in [0.1, 0.15) is 23.0 Å². The first-order chi connectivity index (χ1) is 9.99. The Labute approximate surface area is 118 Å². The van der Waals surface area contributed by atoms with Crippen LogP contribution in [-0.2, 0) is 0 Å². The first-order valence-corrected chi connectivity index (χ1v) is 6.16. The summed E-state index contributed by atoms with van der Waals surface area (Å²) in [5.74, 6) is -1.94. The minimum atomic E-state index is -1.12. The molecule has 0 fully saturated rings. The van der Waals surface area contributed by atoms with Crippen LogP contribution in [0, 0.1) is 18.6 Å². The maximum atomic E-state index is 14.0. The smallest absolute Gasteiger partial charge is 0.337 e. The van der Waals surface area contributed by atoms with Gasteiger partial charge in [0.15, 0.2) is 0 Å². The van der Waals surface area contributed by atoms with E-state index in [0.717, 1.165) is 18.2 Å². The molecule has 0 aliphatic heterocycles. The number of para-hydroxylation sites is 1. The fourth-order valence-corrected chi connectivity index (χ4v) is 2.35. The number of hydrogen-bond acceptors (Lipinski definition) is 2. The Bertz CT molecular complexity index is 871. The standard InChI is InChI=1S/C15H10F2N2O2/c1-8-18-14-10(15(20)21)3-2-4-12(14)19(8)13-7-9(16)5-6-11(13)17/h2-7H,1H3,(H,20,21). The van der Waals surface area contributed by atoms with Gasteiger partial charge < -0.3 is 5.11 Å². The Balaban J connectivity index is 2.38. The molecule has 4 nitrogen and oxygen atoms in total. The monoisotopic (exact) mass is 288 g/mol. The van der Waals surface area contributed by atoms with Crippen molar-refractivity contribution in [3.63, 3.8) is 0 Å². The van der Waals surface area contributed by atoms with E-state index in [-0.39, 0.29) is 16.8 Å². The van der Waals surface area contributed by atoms with Crippen LogP contribution in [0.25, 0.3) is 16.7 Å². The topological polar surface area (TPSA) is 55.1 Å². The fourth-order valence-electron chi connectivity index (χ4n) is 2.35. The number of rotatable bonds is 2. The van der Waals surface area contributed by atoms with Crippen molar-refractivity contribution >= 4 is 17.0 Å². The first kappa shape index (κ1) is 13.2.